The Balaban J connectivity index is -0.000000172. The van der Waals surface area contributed by atoms with Crippen molar-refractivity contribution in [1.29, 1.82) is 0 Å². The summed E-state index contributed by atoms with van der Waals surface area (Å²) in [5, 5.41) is 0. The van der Waals surface area contributed by atoms with Crippen molar-refractivity contribution in [3.63, 3.8) is 0 Å². The molecule has 0 aliphatic carbocycles. The van der Waals surface area contributed by atoms with Gasteiger partial charge in [-0.3, -0.25) is 28.8 Å². The van der Waals surface area contributed by atoms with Crippen LogP contribution in [0.3, 0.4) is 0 Å². The van der Waals surface area contributed by atoms with Crippen LogP contribution in [0.1, 0.15) is 80.6 Å². The first-order valence-electron chi connectivity index (χ1n) is 10.6. The van der Waals surface area contributed by atoms with Gasteiger partial charge in [-0.15, -0.1) is 0 Å². The Bertz CT molecular complexity index is 486. The molecule has 0 aromatic carbocycles. The Morgan fingerprint density at radius 2 is 0.848 bits per heavy atom. The van der Waals surface area contributed by atoms with E-state index in [-0.39, 0.29) is 36.6 Å². The summed E-state index contributed by atoms with van der Waals surface area (Å²) in [5.74, 6) is -1.80. The molecule has 0 aliphatic rings. The number of ketones is 3. The van der Waals surface area contributed by atoms with Gasteiger partial charge in [0.15, 0.2) is 0 Å². The van der Waals surface area contributed by atoms with Crippen molar-refractivity contribution in [3.8, 4) is 0 Å². The molecule has 0 amide bonds. The predicted molar refractivity (Wildman–Crippen MR) is 117 cm³/mol. The van der Waals surface area contributed by atoms with Crippen LogP contribution in [-0.2, 0) is 67.1 Å². The van der Waals surface area contributed by atoms with E-state index >= 15 is 0 Å². The van der Waals surface area contributed by atoms with Crippen molar-refractivity contribution in [2.45, 2.75) is 80.6 Å². The number of hydrogen-bond acceptors (Lipinski definition) is 10. The van der Waals surface area contributed by atoms with Crippen LogP contribution in [0.25, 0.3) is 0 Å². The Morgan fingerprint density at radius 3 is 0.970 bits per heavy atom. The largest absolute Gasteiger partial charge is 0.466 e. The summed E-state index contributed by atoms with van der Waals surface area (Å²) >= 11 is 1.73. The molecule has 0 saturated carbocycles. The van der Waals surface area contributed by atoms with Crippen LogP contribution in [0.15, 0.2) is 0 Å². The third-order valence-electron chi connectivity index (χ3n) is 2.70. The molecule has 33 heavy (non-hydrogen) atoms. The molecule has 11 heteroatoms. The normalized spacial score (nSPS) is 8.67. The number of ether oxygens (including phenoxy) is 3. The number of esters is 3. The minimum Gasteiger partial charge on any atom is -0.466 e. The molecular formula is C22H39O10Ti. The van der Waals surface area contributed by atoms with Crippen LogP contribution in [0.5, 0.6) is 0 Å². The monoisotopic (exact) mass is 511 g/mol. The standard InChI is InChI=1S/3C6H10O3.C4H9O.Ti/c3*1-3-9-6(8)4-5(2)7;1-2-3-4-5;/h3*3-4H2,1-2H3;2-4H2,1H3;/q;;;-1;+1. The van der Waals surface area contributed by atoms with Gasteiger partial charge in [-0.2, -0.15) is 0 Å². The summed E-state index contributed by atoms with van der Waals surface area (Å²) < 4.78 is 18.3. The zero-order valence-electron chi connectivity index (χ0n) is 20.9. The predicted octanol–water partition coefficient (Wildman–Crippen LogP) is 2.85. The smallest absolute Gasteiger partial charge is 0.313 e. The summed E-state index contributed by atoms with van der Waals surface area (Å²) in [6, 6.07) is 0. The van der Waals surface area contributed by atoms with Crippen molar-refractivity contribution in [2.24, 2.45) is 0 Å². The maximum Gasteiger partial charge on any atom is 0.313 e. The SMILES string of the molecule is CCCC[O][Ti].CCOC(=O)CC(C)=O.CCOC(=O)CC(C)=O.CCOC(=O)CC(C)=O. The molecule has 0 aromatic heterocycles. The van der Waals surface area contributed by atoms with E-state index in [0.717, 1.165) is 6.61 Å². The van der Waals surface area contributed by atoms with E-state index in [1.807, 2.05) is 0 Å². The van der Waals surface area contributed by atoms with Crippen LogP contribution in [-0.4, -0.2) is 61.7 Å². The first kappa shape index (κ1) is 38.4. The van der Waals surface area contributed by atoms with Crippen LogP contribution < -0.4 is 0 Å². The Kier molecular flexibility index (Phi) is 35.0. The van der Waals surface area contributed by atoms with Gasteiger partial charge in [0.05, 0.1) is 19.8 Å². The number of rotatable bonds is 12. The molecule has 0 spiro atoms. The fraction of sp³-hybridized carbons (Fsp3) is 0.727. The molecular weight excluding hydrogens is 472 g/mol. The molecule has 0 bridgehead atoms. The summed E-state index contributed by atoms with van der Waals surface area (Å²) in [4.78, 5) is 61.9. The van der Waals surface area contributed by atoms with Crippen LogP contribution in [0.2, 0.25) is 0 Å². The molecule has 0 fully saturated rings. The molecule has 0 saturated heterocycles. The molecule has 0 atom stereocenters. The van der Waals surface area contributed by atoms with Gasteiger partial charge < -0.3 is 14.2 Å². The topological polar surface area (TPSA) is 139 Å². The zero-order valence-corrected chi connectivity index (χ0v) is 22.5. The quantitative estimate of drug-likeness (QED) is 0.126. The molecule has 0 N–H and O–H groups in total. The van der Waals surface area contributed by atoms with Crippen LogP contribution in [0.4, 0.5) is 0 Å². The van der Waals surface area contributed by atoms with E-state index in [0.29, 0.717) is 19.8 Å². The van der Waals surface area contributed by atoms with Gasteiger partial charge in [0, 0.05) is 0 Å². The fourth-order valence-electron chi connectivity index (χ4n) is 1.46. The average Bonchev–Trinajstić information content (AvgIpc) is 2.66. The number of Topliss-reactive ketones (excluding diaryl/α,β-unsaturated/α-hetero) is 3. The summed E-state index contributed by atoms with van der Waals surface area (Å²) in [6.45, 7) is 13.3. The van der Waals surface area contributed by atoms with Gasteiger partial charge in [-0.1, -0.05) is 0 Å². The van der Waals surface area contributed by atoms with E-state index in [4.69, 9.17) is 3.32 Å². The van der Waals surface area contributed by atoms with E-state index in [9.17, 15) is 28.8 Å². The minimum atomic E-state index is -0.440. The van der Waals surface area contributed by atoms with Crippen molar-refractivity contribution in [1.82, 2.24) is 0 Å². The molecule has 0 rings (SSSR count). The zero-order chi connectivity index (χ0) is 26.7. The van der Waals surface area contributed by atoms with E-state index in [1.165, 1.54) is 33.6 Å². The molecule has 10 nitrogen and oxygen atoms in total. The second kappa shape index (κ2) is 30.1. The molecule has 0 radical (unpaired) electrons. The Hall–Kier alpha value is -1.91. The van der Waals surface area contributed by atoms with E-state index in [1.54, 1.807) is 41.6 Å². The molecule has 0 unspecified atom stereocenters. The third kappa shape index (κ3) is 48.7. The second-order valence-corrected chi connectivity index (χ2v) is 6.70. The van der Waals surface area contributed by atoms with Crippen molar-refractivity contribution in [2.75, 3.05) is 26.4 Å². The van der Waals surface area contributed by atoms with Crippen molar-refractivity contribution >= 4 is 35.3 Å². The molecule has 0 aliphatic heterocycles. The second-order valence-electron chi connectivity index (χ2n) is 6.25. The number of carbonyl (C=O) groups excluding carboxylic acids is 6. The first-order valence-corrected chi connectivity index (χ1v) is 11.3. The van der Waals surface area contributed by atoms with Gasteiger partial charge in [0.2, 0.25) is 0 Å². The maximum absolute atomic E-state index is 10.4. The van der Waals surface area contributed by atoms with Gasteiger partial charge in [-0.25, -0.2) is 0 Å². The first-order chi connectivity index (χ1) is 15.4. The van der Waals surface area contributed by atoms with Crippen LogP contribution >= 0.6 is 0 Å². The third-order valence-corrected chi connectivity index (χ3v) is 3.01. The molecule has 191 valence electrons. The summed E-state index contributed by atoms with van der Waals surface area (Å²) in [6.07, 6.45) is 2.11. The number of unbranched alkanes of at least 4 members (excludes halogenated alkanes) is 1. The Morgan fingerprint density at radius 1 is 0.576 bits per heavy atom. The maximum atomic E-state index is 10.4. The summed E-state index contributed by atoms with van der Waals surface area (Å²) in [5.41, 5.74) is 0. The number of hydrogen-bond donors (Lipinski definition) is 0. The fourth-order valence-corrected chi connectivity index (χ4v) is 1.69. The molecule has 0 heterocycles. The minimum absolute atomic E-state index is 0.103. The van der Waals surface area contributed by atoms with Gasteiger partial charge >= 0.3 is 68.4 Å². The van der Waals surface area contributed by atoms with E-state index < -0.39 is 17.9 Å². The Labute approximate surface area is 209 Å². The number of carbonyl (C=O) groups is 6. The van der Waals surface area contributed by atoms with E-state index in [2.05, 4.69) is 21.1 Å². The average molecular weight is 511 g/mol. The van der Waals surface area contributed by atoms with Crippen LogP contribution in [0, 0.1) is 0 Å². The van der Waals surface area contributed by atoms with Crippen molar-refractivity contribution < 1.29 is 67.1 Å². The van der Waals surface area contributed by atoms with Crippen molar-refractivity contribution in [3.05, 3.63) is 0 Å². The van der Waals surface area contributed by atoms with Gasteiger partial charge in [-0.05, 0) is 41.5 Å². The molecule has 0 aromatic rings. The summed E-state index contributed by atoms with van der Waals surface area (Å²) in [7, 11) is 0. The van der Waals surface area contributed by atoms with Gasteiger partial charge in [0.1, 0.15) is 36.6 Å². The van der Waals surface area contributed by atoms with Gasteiger partial charge in [0.25, 0.3) is 0 Å².